The first-order valence-corrected chi connectivity index (χ1v) is 7.08. The maximum absolute atomic E-state index is 12.3. The number of aromatic nitrogens is 2. The first-order valence-electron chi connectivity index (χ1n) is 7.08. The van der Waals surface area contributed by atoms with Gasteiger partial charge in [-0.3, -0.25) is 4.79 Å². The van der Waals surface area contributed by atoms with Crippen molar-refractivity contribution in [3.8, 4) is 0 Å². The summed E-state index contributed by atoms with van der Waals surface area (Å²) >= 11 is 0. The summed E-state index contributed by atoms with van der Waals surface area (Å²) in [5.41, 5.74) is 4.25. The average molecular weight is 294 g/mol. The van der Waals surface area contributed by atoms with Crippen molar-refractivity contribution in [2.24, 2.45) is 0 Å². The Balaban J connectivity index is 1.79. The molecule has 0 spiro atoms. The molecular weight excluding hydrogens is 276 g/mol. The van der Waals surface area contributed by atoms with Crippen molar-refractivity contribution in [2.75, 3.05) is 24.3 Å². The Morgan fingerprint density at radius 2 is 1.86 bits per heavy atom. The summed E-state index contributed by atoms with van der Waals surface area (Å²) in [7, 11) is 3.94. The van der Waals surface area contributed by atoms with Crippen LogP contribution in [0.2, 0.25) is 0 Å². The molecule has 2 N–H and O–H groups in total. The molecule has 0 fully saturated rings. The van der Waals surface area contributed by atoms with E-state index in [4.69, 9.17) is 0 Å². The Bertz CT molecular complexity index is 818. The average Bonchev–Trinajstić information content (AvgIpc) is 2.86. The van der Waals surface area contributed by atoms with Gasteiger partial charge in [-0.2, -0.15) is 0 Å². The third-order valence-electron chi connectivity index (χ3n) is 3.50. The van der Waals surface area contributed by atoms with Gasteiger partial charge in [-0.1, -0.05) is 0 Å². The zero-order valence-corrected chi connectivity index (χ0v) is 12.8. The number of carbonyl (C=O) groups is 1. The molecule has 3 aromatic rings. The third kappa shape index (κ3) is 2.79. The lowest BCUT2D eigenvalue weighted by atomic mass is 10.2. The second-order valence-corrected chi connectivity index (χ2v) is 5.45. The van der Waals surface area contributed by atoms with Crippen LogP contribution in [0.4, 0.5) is 11.4 Å². The van der Waals surface area contributed by atoms with E-state index in [9.17, 15) is 4.79 Å². The quantitative estimate of drug-likeness (QED) is 0.780. The van der Waals surface area contributed by atoms with Crippen molar-refractivity contribution < 1.29 is 4.79 Å². The van der Waals surface area contributed by atoms with E-state index in [1.165, 1.54) is 0 Å². The highest BCUT2D eigenvalue weighted by molar-refractivity contribution is 6.05. The smallest absolute Gasteiger partial charge is 0.255 e. The Morgan fingerprint density at radius 1 is 1.14 bits per heavy atom. The molecule has 22 heavy (non-hydrogen) atoms. The van der Waals surface area contributed by atoms with Gasteiger partial charge in [-0.05, 0) is 49.4 Å². The van der Waals surface area contributed by atoms with Gasteiger partial charge in [0.05, 0.1) is 11.0 Å². The van der Waals surface area contributed by atoms with Gasteiger partial charge in [0.15, 0.2) is 0 Å². The molecule has 1 amide bonds. The van der Waals surface area contributed by atoms with Crippen molar-refractivity contribution in [2.45, 2.75) is 6.92 Å². The summed E-state index contributed by atoms with van der Waals surface area (Å²) in [5.74, 6) is 0.735. The largest absolute Gasteiger partial charge is 0.378 e. The number of nitrogens with zero attached hydrogens (tertiary/aromatic N) is 2. The summed E-state index contributed by atoms with van der Waals surface area (Å²) < 4.78 is 0. The number of imidazole rings is 1. The molecule has 0 aliphatic heterocycles. The van der Waals surface area contributed by atoms with Crippen LogP contribution in [-0.4, -0.2) is 30.0 Å². The topological polar surface area (TPSA) is 61.0 Å². The Hall–Kier alpha value is -2.82. The minimum Gasteiger partial charge on any atom is -0.378 e. The van der Waals surface area contributed by atoms with Crippen molar-refractivity contribution in [1.82, 2.24) is 9.97 Å². The van der Waals surface area contributed by atoms with Crippen LogP contribution in [-0.2, 0) is 0 Å². The number of benzene rings is 2. The second-order valence-electron chi connectivity index (χ2n) is 5.45. The first-order chi connectivity index (χ1) is 10.5. The van der Waals surface area contributed by atoms with Crippen molar-refractivity contribution in [1.29, 1.82) is 0 Å². The Labute approximate surface area is 129 Å². The number of rotatable bonds is 3. The predicted octanol–water partition coefficient (Wildman–Crippen LogP) is 3.19. The molecule has 0 unspecified atom stereocenters. The van der Waals surface area contributed by atoms with Crippen LogP contribution in [0.5, 0.6) is 0 Å². The standard InChI is InChI=1S/C17H18N4O/c1-11-18-15-9-6-13(10-16(15)19-11)20-17(22)12-4-7-14(8-5-12)21(2)3/h4-10H,1-3H3,(H,18,19)(H,20,22). The zero-order chi connectivity index (χ0) is 15.7. The van der Waals surface area contributed by atoms with Gasteiger partial charge in [-0.15, -0.1) is 0 Å². The van der Waals surface area contributed by atoms with Crippen molar-refractivity contribution >= 4 is 28.3 Å². The second kappa shape index (κ2) is 5.52. The maximum Gasteiger partial charge on any atom is 0.255 e. The highest BCUT2D eigenvalue weighted by atomic mass is 16.1. The fourth-order valence-corrected chi connectivity index (χ4v) is 2.33. The van der Waals surface area contributed by atoms with Gasteiger partial charge >= 0.3 is 0 Å². The Morgan fingerprint density at radius 3 is 2.55 bits per heavy atom. The maximum atomic E-state index is 12.3. The highest BCUT2D eigenvalue weighted by Crippen LogP contribution is 2.18. The summed E-state index contributed by atoms with van der Waals surface area (Å²) in [6, 6.07) is 13.1. The van der Waals surface area contributed by atoms with Crippen LogP contribution in [0.3, 0.4) is 0 Å². The molecule has 1 aromatic heterocycles. The van der Waals surface area contributed by atoms with Crippen LogP contribution in [0.1, 0.15) is 16.2 Å². The minimum atomic E-state index is -0.124. The molecule has 0 radical (unpaired) electrons. The lowest BCUT2D eigenvalue weighted by molar-refractivity contribution is 0.102. The summed E-state index contributed by atoms with van der Waals surface area (Å²) in [4.78, 5) is 21.8. The Kier molecular flexibility index (Phi) is 3.55. The number of carbonyl (C=O) groups excluding carboxylic acids is 1. The molecule has 112 valence electrons. The van der Waals surface area contributed by atoms with Crippen molar-refractivity contribution in [3.05, 3.63) is 53.9 Å². The van der Waals surface area contributed by atoms with Gasteiger partial charge in [-0.25, -0.2) is 4.98 Å². The normalized spacial score (nSPS) is 10.7. The monoisotopic (exact) mass is 294 g/mol. The number of aryl methyl sites for hydroxylation is 1. The number of hydrogen-bond acceptors (Lipinski definition) is 3. The molecule has 0 aliphatic rings. The van der Waals surface area contributed by atoms with Crippen LogP contribution in [0.25, 0.3) is 11.0 Å². The van der Waals surface area contributed by atoms with E-state index in [-0.39, 0.29) is 5.91 Å². The predicted molar refractivity (Wildman–Crippen MR) is 89.6 cm³/mol. The van der Waals surface area contributed by atoms with E-state index in [1.54, 1.807) is 0 Å². The van der Waals surface area contributed by atoms with E-state index in [1.807, 2.05) is 68.4 Å². The fourth-order valence-electron chi connectivity index (χ4n) is 2.33. The molecule has 5 heteroatoms. The van der Waals surface area contributed by atoms with Gasteiger partial charge in [0.2, 0.25) is 0 Å². The first kappa shape index (κ1) is 14.1. The van der Waals surface area contributed by atoms with Crippen LogP contribution in [0.15, 0.2) is 42.5 Å². The van der Waals surface area contributed by atoms with Crippen LogP contribution in [0, 0.1) is 6.92 Å². The van der Waals surface area contributed by atoms with E-state index in [2.05, 4.69) is 15.3 Å². The minimum absolute atomic E-state index is 0.124. The number of aromatic amines is 1. The van der Waals surface area contributed by atoms with E-state index in [0.29, 0.717) is 5.56 Å². The van der Waals surface area contributed by atoms with Crippen LogP contribution >= 0.6 is 0 Å². The van der Waals surface area contributed by atoms with Gasteiger partial charge < -0.3 is 15.2 Å². The number of amides is 1. The SMILES string of the molecule is Cc1nc2ccc(NC(=O)c3ccc(N(C)C)cc3)cc2[nH]1. The molecule has 5 nitrogen and oxygen atoms in total. The zero-order valence-electron chi connectivity index (χ0n) is 12.8. The molecule has 0 aliphatic carbocycles. The number of hydrogen-bond donors (Lipinski definition) is 2. The summed E-state index contributed by atoms with van der Waals surface area (Å²) in [6.45, 7) is 1.91. The highest BCUT2D eigenvalue weighted by Gasteiger charge is 2.08. The van der Waals surface area contributed by atoms with E-state index >= 15 is 0 Å². The van der Waals surface area contributed by atoms with Crippen LogP contribution < -0.4 is 10.2 Å². The van der Waals surface area contributed by atoms with Gasteiger partial charge in [0, 0.05) is 31.0 Å². The lowest BCUT2D eigenvalue weighted by Gasteiger charge is -2.12. The number of H-pyrrole nitrogens is 1. The molecule has 0 atom stereocenters. The lowest BCUT2D eigenvalue weighted by Crippen LogP contribution is -2.13. The molecular formula is C17H18N4O. The van der Waals surface area contributed by atoms with Crippen molar-refractivity contribution in [3.63, 3.8) is 0 Å². The third-order valence-corrected chi connectivity index (χ3v) is 3.50. The fraction of sp³-hybridized carbons (Fsp3) is 0.176. The molecule has 2 aromatic carbocycles. The number of nitrogens with one attached hydrogen (secondary N) is 2. The molecule has 1 heterocycles. The number of anilines is 2. The van der Waals surface area contributed by atoms with E-state index in [0.717, 1.165) is 28.2 Å². The molecule has 3 rings (SSSR count). The number of fused-ring (bicyclic) bond motifs is 1. The molecule has 0 saturated carbocycles. The molecule has 0 saturated heterocycles. The van der Waals surface area contributed by atoms with E-state index < -0.39 is 0 Å². The van der Waals surface area contributed by atoms with Gasteiger partial charge in [0.1, 0.15) is 5.82 Å². The summed E-state index contributed by atoms with van der Waals surface area (Å²) in [5, 5.41) is 2.91. The summed E-state index contributed by atoms with van der Waals surface area (Å²) in [6.07, 6.45) is 0. The van der Waals surface area contributed by atoms with Gasteiger partial charge in [0.25, 0.3) is 5.91 Å². The molecule has 0 bridgehead atoms.